The lowest BCUT2D eigenvalue weighted by atomic mass is 9.89. The minimum Gasteiger partial charge on any atom is -0.472 e. The number of nitrogens with one attached hydrogen (secondary N) is 1. The molecule has 0 bridgehead atoms. The van der Waals surface area contributed by atoms with Gasteiger partial charge in [0.1, 0.15) is 6.26 Å². The number of rotatable bonds is 2. The molecule has 1 N–H and O–H groups in total. The van der Waals surface area contributed by atoms with Crippen LogP contribution in [-0.4, -0.2) is 53.7 Å². The van der Waals surface area contributed by atoms with E-state index in [1.54, 1.807) is 15.9 Å². The van der Waals surface area contributed by atoms with Gasteiger partial charge in [0.15, 0.2) is 0 Å². The number of furan rings is 1. The van der Waals surface area contributed by atoms with Crippen molar-refractivity contribution in [1.29, 1.82) is 0 Å². The van der Waals surface area contributed by atoms with Crippen LogP contribution in [0.3, 0.4) is 0 Å². The van der Waals surface area contributed by atoms with Gasteiger partial charge in [0.25, 0.3) is 5.91 Å². The van der Waals surface area contributed by atoms with Gasteiger partial charge in [0.2, 0.25) is 11.8 Å². The lowest BCUT2D eigenvalue weighted by Gasteiger charge is -2.37. The smallest absolute Gasteiger partial charge is 0.257 e. The molecule has 2 aliphatic heterocycles. The summed E-state index contributed by atoms with van der Waals surface area (Å²) in [5.41, 5.74) is 2.08. The van der Waals surface area contributed by atoms with Crippen molar-refractivity contribution in [3.05, 3.63) is 54.0 Å². The second-order valence-electron chi connectivity index (χ2n) is 6.52. The van der Waals surface area contributed by atoms with Crippen molar-refractivity contribution in [2.75, 3.05) is 31.5 Å². The number of para-hydroxylation sites is 1. The fraction of sp³-hybridized carbons (Fsp3) is 0.316. The summed E-state index contributed by atoms with van der Waals surface area (Å²) in [6, 6.07) is 9.05. The Balaban J connectivity index is 1.44. The van der Waals surface area contributed by atoms with Crippen molar-refractivity contribution in [3.8, 4) is 0 Å². The predicted octanol–water partition coefficient (Wildman–Crippen LogP) is 1.69. The minimum atomic E-state index is -0.462. The maximum Gasteiger partial charge on any atom is 0.257 e. The molecule has 7 heteroatoms. The van der Waals surface area contributed by atoms with Gasteiger partial charge in [-0.15, -0.1) is 0 Å². The summed E-state index contributed by atoms with van der Waals surface area (Å²) < 4.78 is 4.96. The molecule has 1 aromatic heterocycles. The molecule has 134 valence electrons. The van der Waals surface area contributed by atoms with E-state index in [1.807, 2.05) is 24.3 Å². The van der Waals surface area contributed by atoms with E-state index in [-0.39, 0.29) is 24.1 Å². The van der Waals surface area contributed by atoms with Gasteiger partial charge < -0.3 is 19.5 Å². The van der Waals surface area contributed by atoms with Crippen molar-refractivity contribution < 1.29 is 18.8 Å². The van der Waals surface area contributed by atoms with Crippen molar-refractivity contribution in [3.63, 3.8) is 0 Å². The Morgan fingerprint density at radius 2 is 1.77 bits per heavy atom. The average Bonchev–Trinajstić information content (AvgIpc) is 3.21. The highest BCUT2D eigenvalue weighted by atomic mass is 16.3. The molecule has 0 saturated carbocycles. The number of amides is 3. The monoisotopic (exact) mass is 353 g/mol. The van der Waals surface area contributed by atoms with Crippen LogP contribution in [0.2, 0.25) is 0 Å². The van der Waals surface area contributed by atoms with Crippen LogP contribution in [0.25, 0.3) is 0 Å². The summed E-state index contributed by atoms with van der Waals surface area (Å²) >= 11 is 0. The summed E-state index contributed by atoms with van der Waals surface area (Å²) in [6.07, 6.45) is 3.06. The Bertz CT molecular complexity index is 838. The van der Waals surface area contributed by atoms with E-state index >= 15 is 0 Å². The largest absolute Gasteiger partial charge is 0.472 e. The quantitative estimate of drug-likeness (QED) is 0.891. The normalized spacial score (nSPS) is 19.7. The number of piperazine rings is 1. The number of anilines is 1. The van der Waals surface area contributed by atoms with Crippen LogP contribution in [0.4, 0.5) is 5.69 Å². The fourth-order valence-electron chi connectivity index (χ4n) is 3.55. The number of fused-ring (bicyclic) bond motifs is 1. The molecular weight excluding hydrogens is 334 g/mol. The lowest BCUT2D eigenvalue weighted by molar-refractivity contribution is -0.136. The minimum absolute atomic E-state index is 0.0530. The van der Waals surface area contributed by atoms with Gasteiger partial charge >= 0.3 is 0 Å². The molecule has 26 heavy (non-hydrogen) atoms. The molecule has 1 aromatic carbocycles. The Hall–Kier alpha value is -3.09. The second kappa shape index (κ2) is 6.67. The highest BCUT2D eigenvalue weighted by Gasteiger charge is 2.35. The molecule has 3 heterocycles. The van der Waals surface area contributed by atoms with Crippen molar-refractivity contribution in [2.45, 2.75) is 12.3 Å². The Morgan fingerprint density at radius 1 is 1.04 bits per heavy atom. The van der Waals surface area contributed by atoms with Crippen molar-refractivity contribution in [2.24, 2.45) is 0 Å². The average molecular weight is 353 g/mol. The van der Waals surface area contributed by atoms with Crippen LogP contribution in [0.5, 0.6) is 0 Å². The first-order chi connectivity index (χ1) is 12.6. The molecule has 0 aliphatic carbocycles. The third-order valence-electron chi connectivity index (χ3n) is 4.94. The molecule has 0 radical (unpaired) electrons. The van der Waals surface area contributed by atoms with Gasteiger partial charge in [-0.2, -0.15) is 0 Å². The topological polar surface area (TPSA) is 82.9 Å². The fourth-order valence-corrected chi connectivity index (χ4v) is 3.55. The Kier molecular flexibility index (Phi) is 4.20. The number of nitrogens with zero attached hydrogens (tertiary/aromatic N) is 2. The van der Waals surface area contributed by atoms with Crippen LogP contribution in [-0.2, 0) is 9.59 Å². The van der Waals surface area contributed by atoms with Crippen LogP contribution in [0.1, 0.15) is 28.3 Å². The summed E-state index contributed by atoms with van der Waals surface area (Å²) in [7, 11) is 0. The predicted molar refractivity (Wildman–Crippen MR) is 93.6 cm³/mol. The number of carbonyl (C=O) groups excluding carboxylic acids is 3. The zero-order valence-electron chi connectivity index (χ0n) is 14.2. The standard InChI is InChI=1S/C19H19N3O4/c23-17-11-15(14-3-1-2-4-16(14)20-17)19(25)22-8-6-21(7-9-22)18(24)13-5-10-26-12-13/h1-5,10,12,15H,6-9,11H2,(H,20,23). The molecule has 4 rings (SSSR count). The molecule has 7 nitrogen and oxygen atoms in total. The molecule has 1 atom stereocenters. The number of carbonyl (C=O) groups is 3. The molecule has 1 saturated heterocycles. The first kappa shape index (κ1) is 16.4. The first-order valence-electron chi connectivity index (χ1n) is 8.62. The highest BCUT2D eigenvalue weighted by molar-refractivity contribution is 6.01. The molecular formula is C19H19N3O4. The van der Waals surface area contributed by atoms with E-state index in [4.69, 9.17) is 4.42 Å². The molecule has 3 amide bonds. The molecule has 2 aliphatic rings. The molecule has 0 spiro atoms. The molecule has 1 unspecified atom stereocenters. The van der Waals surface area contributed by atoms with Crippen LogP contribution in [0.15, 0.2) is 47.3 Å². The van der Waals surface area contributed by atoms with Gasteiger partial charge in [0.05, 0.1) is 17.7 Å². The van der Waals surface area contributed by atoms with E-state index in [9.17, 15) is 14.4 Å². The zero-order chi connectivity index (χ0) is 18.1. The SMILES string of the molecule is O=C1CC(C(=O)N2CCN(C(=O)c3ccoc3)CC2)c2ccccc2N1. The van der Waals surface area contributed by atoms with E-state index in [0.717, 1.165) is 5.56 Å². The Labute approximate surface area is 150 Å². The summed E-state index contributed by atoms with van der Waals surface area (Å²) in [5, 5.41) is 2.81. The maximum atomic E-state index is 13.0. The van der Waals surface area contributed by atoms with Crippen molar-refractivity contribution >= 4 is 23.4 Å². The second-order valence-corrected chi connectivity index (χ2v) is 6.52. The van der Waals surface area contributed by atoms with Gasteiger partial charge in [-0.25, -0.2) is 0 Å². The molecule has 2 aromatic rings. The zero-order valence-corrected chi connectivity index (χ0v) is 14.2. The van der Waals surface area contributed by atoms with Gasteiger partial charge in [-0.05, 0) is 17.7 Å². The van der Waals surface area contributed by atoms with Crippen LogP contribution in [0, 0.1) is 0 Å². The Morgan fingerprint density at radius 3 is 2.50 bits per heavy atom. The van der Waals surface area contributed by atoms with E-state index in [1.165, 1.54) is 12.5 Å². The van der Waals surface area contributed by atoms with Gasteiger partial charge in [-0.3, -0.25) is 14.4 Å². The number of hydrogen-bond acceptors (Lipinski definition) is 4. The summed E-state index contributed by atoms with van der Waals surface area (Å²) in [5.74, 6) is -0.747. The lowest BCUT2D eigenvalue weighted by Crippen LogP contribution is -2.52. The van der Waals surface area contributed by atoms with E-state index in [0.29, 0.717) is 37.4 Å². The van der Waals surface area contributed by atoms with E-state index < -0.39 is 5.92 Å². The first-order valence-corrected chi connectivity index (χ1v) is 8.62. The van der Waals surface area contributed by atoms with Crippen LogP contribution < -0.4 is 5.32 Å². The number of benzene rings is 1. The van der Waals surface area contributed by atoms with Gasteiger partial charge in [0, 0.05) is 38.3 Å². The molecule has 1 fully saturated rings. The summed E-state index contributed by atoms with van der Waals surface area (Å²) in [4.78, 5) is 40.8. The maximum absolute atomic E-state index is 13.0. The summed E-state index contributed by atoms with van der Waals surface area (Å²) in [6.45, 7) is 1.86. The van der Waals surface area contributed by atoms with Crippen LogP contribution >= 0.6 is 0 Å². The third kappa shape index (κ3) is 2.96. The van der Waals surface area contributed by atoms with E-state index in [2.05, 4.69) is 5.32 Å². The third-order valence-corrected chi connectivity index (χ3v) is 4.94. The van der Waals surface area contributed by atoms with Crippen molar-refractivity contribution in [1.82, 2.24) is 9.80 Å². The van der Waals surface area contributed by atoms with Gasteiger partial charge in [-0.1, -0.05) is 18.2 Å². The highest BCUT2D eigenvalue weighted by Crippen LogP contribution is 2.33. The number of hydrogen-bond donors (Lipinski definition) is 1.